The van der Waals surface area contributed by atoms with Gasteiger partial charge in [-0.1, -0.05) is 37.5 Å². The van der Waals surface area contributed by atoms with Gasteiger partial charge in [-0.05, 0) is 45.2 Å². The van der Waals surface area contributed by atoms with Crippen molar-refractivity contribution in [3.05, 3.63) is 29.8 Å². The van der Waals surface area contributed by atoms with Gasteiger partial charge in [0.05, 0.1) is 6.61 Å². The smallest absolute Gasteiger partial charge is 0.408 e. The highest BCUT2D eigenvalue weighted by molar-refractivity contribution is 5.90. The maximum absolute atomic E-state index is 12.6. The summed E-state index contributed by atoms with van der Waals surface area (Å²) in [5.41, 5.74) is 1.16. The Bertz CT molecular complexity index is 633. The summed E-state index contributed by atoms with van der Waals surface area (Å²) in [5, 5.41) is 15.6. The maximum atomic E-state index is 12.6. The summed E-state index contributed by atoms with van der Waals surface area (Å²) in [7, 11) is 0. The fourth-order valence-electron chi connectivity index (χ4n) is 3.27. The van der Waals surface area contributed by atoms with Crippen LogP contribution >= 0.6 is 0 Å². The van der Waals surface area contributed by atoms with E-state index in [2.05, 4.69) is 10.6 Å². The Morgan fingerprint density at radius 3 is 2.48 bits per heavy atom. The number of aliphatic hydroxyl groups excluding tert-OH is 1. The molecule has 0 aliphatic heterocycles. The van der Waals surface area contributed by atoms with Gasteiger partial charge < -0.3 is 20.5 Å². The number of rotatable bonds is 7. The number of carbonyl (C=O) groups excluding carboxylic acids is 2. The summed E-state index contributed by atoms with van der Waals surface area (Å²) < 4.78 is 5.17. The normalized spacial score (nSPS) is 16.4. The molecule has 1 aromatic carbocycles. The molecule has 1 atom stereocenters. The number of Topliss-reactive ketones (excluding diaryl/α,β-unsaturated/α-hetero) is 1. The van der Waals surface area contributed by atoms with E-state index in [1.54, 1.807) is 20.8 Å². The first-order valence-electron chi connectivity index (χ1n) is 9.76. The molecule has 3 N–H and O–H groups in total. The summed E-state index contributed by atoms with van der Waals surface area (Å²) in [6, 6.07) is 7.18. The van der Waals surface area contributed by atoms with Crippen LogP contribution in [0.1, 0.15) is 58.4 Å². The van der Waals surface area contributed by atoms with Crippen molar-refractivity contribution in [3.8, 4) is 0 Å². The first-order chi connectivity index (χ1) is 12.8. The van der Waals surface area contributed by atoms with Gasteiger partial charge in [0, 0.05) is 18.2 Å². The zero-order valence-electron chi connectivity index (χ0n) is 16.6. The van der Waals surface area contributed by atoms with Crippen LogP contribution in [0, 0.1) is 0 Å². The number of hydrogen-bond donors (Lipinski definition) is 3. The van der Waals surface area contributed by atoms with Gasteiger partial charge in [-0.25, -0.2) is 4.79 Å². The molecule has 150 valence electrons. The highest BCUT2D eigenvalue weighted by Crippen LogP contribution is 2.24. The Balaban J connectivity index is 1.99. The first-order valence-corrected chi connectivity index (χ1v) is 9.76. The van der Waals surface area contributed by atoms with Crippen LogP contribution in [0.4, 0.5) is 10.5 Å². The van der Waals surface area contributed by atoms with E-state index in [9.17, 15) is 14.7 Å². The summed E-state index contributed by atoms with van der Waals surface area (Å²) in [5.74, 6) is -0.249. The highest BCUT2D eigenvalue weighted by Gasteiger charge is 2.24. The summed E-state index contributed by atoms with van der Waals surface area (Å²) in [6.45, 7) is 4.77. The van der Waals surface area contributed by atoms with E-state index in [4.69, 9.17) is 4.74 Å². The van der Waals surface area contributed by atoms with Gasteiger partial charge in [0.25, 0.3) is 0 Å². The lowest BCUT2D eigenvalue weighted by molar-refractivity contribution is -0.121. The lowest BCUT2D eigenvalue weighted by Crippen LogP contribution is -2.46. The molecule has 6 heteroatoms. The quantitative estimate of drug-likeness (QED) is 0.679. The van der Waals surface area contributed by atoms with Gasteiger partial charge in [-0.15, -0.1) is 0 Å². The number of ketones is 1. The van der Waals surface area contributed by atoms with Crippen LogP contribution in [0.3, 0.4) is 0 Å². The summed E-state index contributed by atoms with van der Waals surface area (Å²) >= 11 is 0. The van der Waals surface area contributed by atoms with Gasteiger partial charge in [-0.2, -0.15) is 0 Å². The third kappa shape index (κ3) is 7.21. The monoisotopic (exact) mass is 376 g/mol. The summed E-state index contributed by atoms with van der Waals surface area (Å²) in [6.07, 6.45) is 5.45. The number of benzene rings is 1. The van der Waals surface area contributed by atoms with Crippen molar-refractivity contribution in [2.45, 2.75) is 77.0 Å². The highest BCUT2D eigenvalue weighted by atomic mass is 16.6. The molecule has 1 aromatic rings. The van der Waals surface area contributed by atoms with Crippen LogP contribution in [0.2, 0.25) is 0 Å². The van der Waals surface area contributed by atoms with Crippen molar-refractivity contribution in [3.63, 3.8) is 0 Å². The number of carbonyl (C=O) groups is 2. The fraction of sp³-hybridized carbons (Fsp3) is 0.619. The largest absolute Gasteiger partial charge is 0.444 e. The lowest BCUT2D eigenvalue weighted by atomic mass is 9.94. The Kier molecular flexibility index (Phi) is 7.66. The fourth-order valence-corrected chi connectivity index (χ4v) is 3.27. The van der Waals surface area contributed by atoms with E-state index < -0.39 is 24.3 Å². The molecule has 6 nitrogen and oxygen atoms in total. The van der Waals surface area contributed by atoms with Crippen molar-refractivity contribution in [2.75, 3.05) is 11.9 Å². The minimum Gasteiger partial charge on any atom is -0.444 e. The number of para-hydroxylation sites is 1. The third-order valence-electron chi connectivity index (χ3n) is 4.61. The second-order valence-corrected chi connectivity index (χ2v) is 8.16. The zero-order valence-corrected chi connectivity index (χ0v) is 16.6. The number of hydrogen-bond acceptors (Lipinski definition) is 5. The predicted molar refractivity (Wildman–Crippen MR) is 106 cm³/mol. The number of nitrogens with one attached hydrogen (secondary N) is 2. The first kappa shape index (κ1) is 21.2. The number of ether oxygens (including phenoxy) is 1. The Hall–Kier alpha value is -2.08. The van der Waals surface area contributed by atoms with Crippen LogP contribution in [0.15, 0.2) is 24.3 Å². The third-order valence-corrected chi connectivity index (χ3v) is 4.61. The van der Waals surface area contributed by atoms with Crippen LogP contribution in [0.25, 0.3) is 0 Å². The summed E-state index contributed by atoms with van der Waals surface area (Å²) in [4.78, 5) is 24.5. The van der Waals surface area contributed by atoms with Crippen molar-refractivity contribution in [1.29, 1.82) is 0 Å². The molecule has 0 saturated heterocycles. The van der Waals surface area contributed by atoms with Gasteiger partial charge >= 0.3 is 6.09 Å². The lowest BCUT2D eigenvalue weighted by Gasteiger charge is -2.25. The second kappa shape index (κ2) is 9.74. The van der Waals surface area contributed by atoms with Gasteiger partial charge in [-0.3, -0.25) is 4.79 Å². The van der Waals surface area contributed by atoms with E-state index in [-0.39, 0.29) is 12.2 Å². The Labute approximate surface area is 161 Å². The molecule has 1 aliphatic carbocycles. The zero-order chi connectivity index (χ0) is 19.9. The average Bonchev–Trinajstić information content (AvgIpc) is 2.60. The van der Waals surface area contributed by atoms with Gasteiger partial charge in [0.1, 0.15) is 11.6 Å². The van der Waals surface area contributed by atoms with Crippen molar-refractivity contribution < 1.29 is 19.4 Å². The van der Waals surface area contributed by atoms with Crippen molar-refractivity contribution in [2.24, 2.45) is 0 Å². The standard InChI is InChI=1S/C21H32N2O4/c1-21(2,3)27-20(26)23-18(14-24)19(25)13-15-9-7-8-12-17(15)22-16-10-5-4-6-11-16/h7-9,12,16,18,22,24H,4-6,10-11,13-14H2,1-3H3,(H,23,26)/t18-/m1/s1. The molecule has 0 heterocycles. The number of alkyl carbamates (subject to hydrolysis) is 1. The molecule has 1 amide bonds. The molecule has 0 bridgehead atoms. The van der Waals surface area contributed by atoms with Crippen LogP contribution < -0.4 is 10.6 Å². The molecular weight excluding hydrogens is 344 g/mol. The van der Waals surface area contributed by atoms with Crippen LogP contribution in [0.5, 0.6) is 0 Å². The molecule has 0 radical (unpaired) electrons. The minimum atomic E-state index is -0.984. The molecule has 0 spiro atoms. The predicted octanol–water partition coefficient (Wildman–Crippen LogP) is 3.43. The molecule has 2 rings (SSSR count). The van der Waals surface area contributed by atoms with E-state index in [0.717, 1.165) is 24.1 Å². The molecule has 0 aromatic heterocycles. The second-order valence-electron chi connectivity index (χ2n) is 8.16. The molecule has 1 aliphatic rings. The van der Waals surface area contributed by atoms with E-state index in [1.165, 1.54) is 19.3 Å². The molecule has 0 unspecified atom stereocenters. The molecule has 1 saturated carbocycles. The van der Waals surface area contributed by atoms with Crippen molar-refractivity contribution in [1.82, 2.24) is 5.32 Å². The molecule has 1 fully saturated rings. The van der Waals surface area contributed by atoms with E-state index >= 15 is 0 Å². The number of anilines is 1. The Morgan fingerprint density at radius 1 is 1.19 bits per heavy atom. The number of amides is 1. The topological polar surface area (TPSA) is 87.7 Å². The van der Waals surface area contributed by atoms with Gasteiger partial charge in [0.2, 0.25) is 0 Å². The van der Waals surface area contributed by atoms with Gasteiger partial charge in [0.15, 0.2) is 5.78 Å². The maximum Gasteiger partial charge on any atom is 0.408 e. The molecule has 27 heavy (non-hydrogen) atoms. The van der Waals surface area contributed by atoms with Crippen LogP contribution in [-0.4, -0.2) is 41.3 Å². The molecular formula is C21H32N2O4. The van der Waals surface area contributed by atoms with Crippen molar-refractivity contribution >= 4 is 17.6 Å². The Morgan fingerprint density at radius 2 is 1.85 bits per heavy atom. The number of aliphatic hydroxyl groups is 1. The average molecular weight is 376 g/mol. The van der Waals surface area contributed by atoms with Crippen LogP contribution in [-0.2, 0) is 16.0 Å². The van der Waals surface area contributed by atoms with E-state index in [1.807, 2.05) is 24.3 Å². The SMILES string of the molecule is CC(C)(C)OC(=O)N[C@H](CO)C(=O)Cc1ccccc1NC1CCCCC1. The van der Waals surface area contributed by atoms with E-state index in [0.29, 0.717) is 6.04 Å². The minimum absolute atomic E-state index is 0.136.